The van der Waals surface area contributed by atoms with Crippen LogP contribution in [0.15, 0.2) is 12.4 Å². The van der Waals surface area contributed by atoms with Gasteiger partial charge in [0.15, 0.2) is 0 Å². The van der Waals surface area contributed by atoms with Crippen LogP contribution in [0.5, 0.6) is 0 Å². The molecule has 0 spiro atoms. The molecule has 1 saturated heterocycles. The average molecular weight is 266 g/mol. The largest absolute Gasteiger partial charge is 0.481 e. The van der Waals surface area contributed by atoms with Crippen LogP contribution >= 0.6 is 0 Å². The monoisotopic (exact) mass is 266 g/mol. The summed E-state index contributed by atoms with van der Waals surface area (Å²) in [6.45, 7) is 2.44. The normalized spacial score (nSPS) is 20.3. The molecule has 0 radical (unpaired) electrons. The number of amides is 2. The summed E-state index contributed by atoms with van der Waals surface area (Å²) in [5.41, 5.74) is 0. The minimum absolute atomic E-state index is 0.00253. The molecule has 7 heteroatoms. The van der Waals surface area contributed by atoms with Crippen LogP contribution in [0.4, 0.5) is 4.79 Å². The van der Waals surface area contributed by atoms with Gasteiger partial charge in [-0.15, -0.1) is 0 Å². The molecule has 2 rings (SSSR count). The van der Waals surface area contributed by atoms with E-state index in [0.717, 1.165) is 12.8 Å². The van der Waals surface area contributed by atoms with Gasteiger partial charge in [0, 0.05) is 25.0 Å². The van der Waals surface area contributed by atoms with Gasteiger partial charge in [-0.2, -0.15) is 0 Å². The van der Waals surface area contributed by atoms with Gasteiger partial charge in [-0.1, -0.05) is 0 Å². The molecule has 7 nitrogen and oxygen atoms in total. The molecule has 2 amide bonds. The number of aromatic amines is 1. The van der Waals surface area contributed by atoms with E-state index >= 15 is 0 Å². The predicted octanol–water partition coefficient (Wildman–Crippen LogP) is 1.12. The Hall–Kier alpha value is -2.05. The van der Waals surface area contributed by atoms with E-state index in [2.05, 4.69) is 15.3 Å². The van der Waals surface area contributed by atoms with Gasteiger partial charge in [-0.25, -0.2) is 9.78 Å². The number of carbonyl (C=O) groups excluding carboxylic acids is 1. The number of H-pyrrole nitrogens is 1. The zero-order valence-electron chi connectivity index (χ0n) is 10.8. The third-order valence-electron chi connectivity index (χ3n) is 3.32. The molecule has 0 aromatic carbocycles. The number of hydrogen-bond donors (Lipinski definition) is 3. The van der Waals surface area contributed by atoms with E-state index in [-0.39, 0.29) is 24.5 Å². The fourth-order valence-electron chi connectivity index (χ4n) is 2.37. The fourth-order valence-corrected chi connectivity index (χ4v) is 2.37. The highest BCUT2D eigenvalue weighted by atomic mass is 16.4. The summed E-state index contributed by atoms with van der Waals surface area (Å²) < 4.78 is 0. The molecule has 104 valence electrons. The quantitative estimate of drug-likeness (QED) is 0.760. The van der Waals surface area contributed by atoms with Gasteiger partial charge >= 0.3 is 12.0 Å². The van der Waals surface area contributed by atoms with Crippen LogP contribution in [-0.4, -0.2) is 44.6 Å². The summed E-state index contributed by atoms with van der Waals surface area (Å²) in [5.74, 6) is -0.189. The molecule has 3 N–H and O–H groups in total. The number of likely N-dealkylation sites (tertiary alicyclic amines) is 1. The first-order chi connectivity index (χ1) is 9.08. The van der Waals surface area contributed by atoms with Crippen molar-refractivity contribution in [2.45, 2.75) is 38.3 Å². The van der Waals surface area contributed by atoms with Crippen molar-refractivity contribution in [3.05, 3.63) is 18.2 Å². The zero-order chi connectivity index (χ0) is 13.8. The number of aromatic nitrogens is 2. The van der Waals surface area contributed by atoms with Crippen molar-refractivity contribution in [2.24, 2.45) is 0 Å². The summed E-state index contributed by atoms with van der Waals surface area (Å²) in [6.07, 6.45) is 4.92. The topological polar surface area (TPSA) is 98.3 Å². The number of imidazole rings is 1. The van der Waals surface area contributed by atoms with E-state index in [1.165, 1.54) is 0 Å². The molecular formula is C12H18N4O3. The zero-order valence-corrected chi connectivity index (χ0v) is 10.8. The van der Waals surface area contributed by atoms with Gasteiger partial charge in [-0.3, -0.25) is 4.79 Å². The molecule has 0 saturated carbocycles. The van der Waals surface area contributed by atoms with Crippen LogP contribution in [0, 0.1) is 0 Å². The molecule has 2 unspecified atom stereocenters. The van der Waals surface area contributed by atoms with Crippen molar-refractivity contribution in [1.82, 2.24) is 20.2 Å². The summed E-state index contributed by atoms with van der Waals surface area (Å²) in [4.78, 5) is 31.5. The van der Waals surface area contributed by atoms with Crippen molar-refractivity contribution in [3.63, 3.8) is 0 Å². The Bertz CT molecular complexity index is 446. The molecule has 2 heterocycles. The van der Waals surface area contributed by atoms with E-state index in [4.69, 9.17) is 5.11 Å². The smallest absolute Gasteiger partial charge is 0.318 e. The lowest BCUT2D eigenvalue weighted by Crippen LogP contribution is -2.44. The van der Waals surface area contributed by atoms with Gasteiger partial charge in [0.05, 0.1) is 12.5 Å². The first-order valence-corrected chi connectivity index (χ1v) is 6.36. The average Bonchev–Trinajstić information content (AvgIpc) is 2.97. The number of rotatable bonds is 4. The highest BCUT2D eigenvalue weighted by Gasteiger charge is 2.31. The number of hydrogen-bond acceptors (Lipinski definition) is 3. The number of carboxylic acids is 1. The molecule has 1 aromatic rings. The van der Waals surface area contributed by atoms with Crippen LogP contribution in [-0.2, 0) is 4.79 Å². The van der Waals surface area contributed by atoms with Gasteiger partial charge in [-0.05, 0) is 19.8 Å². The second-order valence-corrected chi connectivity index (χ2v) is 4.73. The maximum atomic E-state index is 12.1. The number of aliphatic carboxylic acids is 1. The second-order valence-electron chi connectivity index (χ2n) is 4.73. The van der Waals surface area contributed by atoms with E-state index in [1.54, 1.807) is 17.3 Å². The summed E-state index contributed by atoms with van der Waals surface area (Å²) in [5, 5.41) is 11.7. The maximum absolute atomic E-state index is 12.1. The lowest BCUT2D eigenvalue weighted by atomic mass is 10.1. The minimum Gasteiger partial charge on any atom is -0.481 e. The SMILES string of the molecule is CC(NC(=O)N1CCCC1CC(=O)O)c1ncc[nH]1. The van der Waals surface area contributed by atoms with E-state index in [1.807, 2.05) is 6.92 Å². The van der Waals surface area contributed by atoms with Crippen molar-refractivity contribution in [1.29, 1.82) is 0 Å². The van der Waals surface area contributed by atoms with Crippen molar-refractivity contribution < 1.29 is 14.7 Å². The highest BCUT2D eigenvalue weighted by molar-refractivity contribution is 5.76. The van der Waals surface area contributed by atoms with Crippen LogP contribution in [0.1, 0.15) is 38.1 Å². The number of carboxylic acid groups (broad SMARTS) is 1. The Morgan fingerprint density at radius 1 is 1.68 bits per heavy atom. The van der Waals surface area contributed by atoms with Gasteiger partial charge in [0.1, 0.15) is 5.82 Å². The molecule has 1 aromatic heterocycles. The Morgan fingerprint density at radius 3 is 3.11 bits per heavy atom. The Labute approximate surface area is 111 Å². The molecular weight excluding hydrogens is 248 g/mol. The van der Waals surface area contributed by atoms with E-state index in [9.17, 15) is 9.59 Å². The van der Waals surface area contributed by atoms with Crippen LogP contribution in [0.25, 0.3) is 0 Å². The third-order valence-corrected chi connectivity index (χ3v) is 3.32. The molecule has 1 aliphatic heterocycles. The predicted molar refractivity (Wildman–Crippen MR) is 67.5 cm³/mol. The van der Waals surface area contributed by atoms with Gasteiger partial charge in [0.2, 0.25) is 0 Å². The Kier molecular flexibility index (Phi) is 4.03. The molecule has 19 heavy (non-hydrogen) atoms. The maximum Gasteiger partial charge on any atom is 0.318 e. The molecule has 0 bridgehead atoms. The Morgan fingerprint density at radius 2 is 2.47 bits per heavy atom. The summed E-state index contributed by atoms with van der Waals surface area (Å²) in [7, 11) is 0. The first-order valence-electron chi connectivity index (χ1n) is 6.36. The number of nitrogens with one attached hydrogen (secondary N) is 2. The fraction of sp³-hybridized carbons (Fsp3) is 0.583. The van der Waals surface area contributed by atoms with Crippen LogP contribution in [0.2, 0.25) is 0 Å². The summed E-state index contributed by atoms with van der Waals surface area (Å²) >= 11 is 0. The number of nitrogens with zero attached hydrogens (tertiary/aromatic N) is 2. The van der Waals surface area contributed by atoms with Gasteiger partial charge in [0.25, 0.3) is 0 Å². The van der Waals surface area contributed by atoms with E-state index < -0.39 is 5.97 Å². The van der Waals surface area contributed by atoms with Crippen LogP contribution < -0.4 is 5.32 Å². The highest BCUT2D eigenvalue weighted by Crippen LogP contribution is 2.20. The van der Waals surface area contributed by atoms with E-state index in [0.29, 0.717) is 12.4 Å². The molecule has 0 aliphatic carbocycles. The minimum atomic E-state index is -0.871. The lowest BCUT2D eigenvalue weighted by Gasteiger charge is -2.25. The standard InChI is InChI=1S/C12H18N4O3/c1-8(11-13-4-5-14-11)15-12(19)16-6-2-3-9(16)7-10(17)18/h4-5,8-9H,2-3,6-7H2,1H3,(H,13,14)(H,15,19)(H,17,18). The third kappa shape index (κ3) is 3.24. The van der Waals surface area contributed by atoms with Crippen molar-refractivity contribution in [3.8, 4) is 0 Å². The second kappa shape index (κ2) is 5.73. The lowest BCUT2D eigenvalue weighted by molar-refractivity contribution is -0.137. The molecule has 2 atom stereocenters. The molecule has 1 aliphatic rings. The van der Waals surface area contributed by atoms with Crippen molar-refractivity contribution >= 4 is 12.0 Å². The number of urea groups is 1. The van der Waals surface area contributed by atoms with Crippen molar-refractivity contribution in [2.75, 3.05) is 6.54 Å². The number of carbonyl (C=O) groups is 2. The van der Waals surface area contributed by atoms with Crippen LogP contribution in [0.3, 0.4) is 0 Å². The first kappa shape index (κ1) is 13.4. The van der Waals surface area contributed by atoms with Gasteiger partial charge < -0.3 is 20.3 Å². The Balaban J connectivity index is 1.93. The summed E-state index contributed by atoms with van der Waals surface area (Å²) in [6, 6.07) is -0.664. The molecule has 1 fully saturated rings.